The first kappa shape index (κ1) is 13.2. The zero-order valence-electron chi connectivity index (χ0n) is 8.94. The van der Waals surface area contributed by atoms with Crippen LogP contribution < -0.4 is 29.6 Å². The zero-order chi connectivity index (χ0) is 10.0. The molecule has 14 heavy (non-hydrogen) atoms. The normalized spacial score (nSPS) is 8.93. The van der Waals surface area contributed by atoms with Crippen molar-refractivity contribution in [1.82, 2.24) is 0 Å². The summed E-state index contributed by atoms with van der Waals surface area (Å²) in [6.07, 6.45) is 0. The van der Waals surface area contributed by atoms with Gasteiger partial charge in [0.15, 0.2) is 0 Å². The zero-order valence-corrected chi connectivity index (χ0v) is 9.94. The Hall–Kier alpha value is -0.840. The van der Waals surface area contributed by atoms with Gasteiger partial charge in [0.05, 0.1) is 11.1 Å². The Bertz CT molecular complexity index is 378. The van der Waals surface area contributed by atoms with Crippen LogP contribution in [0.5, 0.6) is 0 Å². The van der Waals surface area contributed by atoms with Crippen LogP contribution in [0, 0.1) is 6.92 Å². The Morgan fingerprint density at radius 2 is 1.79 bits per heavy atom. The molecule has 0 saturated carbocycles. The summed E-state index contributed by atoms with van der Waals surface area (Å²) in [6.45, 7) is 1.57. The molecular formula is C9H9NaO4. The van der Waals surface area contributed by atoms with E-state index in [1.807, 2.05) is 0 Å². The first-order valence-electron chi connectivity index (χ1n) is 3.60. The van der Waals surface area contributed by atoms with Crippen molar-refractivity contribution in [3.05, 3.63) is 34.9 Å². The quantitative estimate of drug-likeness (QED) is 0.575. The minimum atomic E-state index is -1.22. The molecule has 1 aromatic carbocycles. The number of carboxylic acids is 2. The first-order chi connectivity index (χ1) is 6.04. The summed E-state index contributed by atoms with van der Waals surface area (Å²) in [4.78, 5) is 21.3. The number of hydrogen-bond acceptors (Lipinski definition) is 2. The molecule has 0 amide bonds. The third kappa shape index (κ3) is 2.57. The van der Waals surface area contributed by atoms with E-state index in [-0.39, 0.29) is 42.1 Å². The smallest absolute Gasteiger partial charge is 1.00 e. The summed E-state index contributed by atoms with van der Waals surface area (Å²) in [6, 6.07) is 4.36. The van der Waals surface area contributed by atoms with Gasteiger partial charge in [0, 0.05) is 0 Å². The van der Waals surface area contributed by atoms with Gasteiger partial charge in [0.1, 0.15) is 0 Å². The van der Waals surface area contributed by atoms with Gasteiger partial charge in [0.25, 0.3) is 0 Å². The number of carboxylic acid groups (broad SMARTS) is 2. The average Bonchev–Trinajstić information content (AvgIpc) is 2.02. The van der Waals surface area contributed by atoms with Crippen molar-refractivity contribution in [3.63, 3.8) is 0 Å². The van der Waals surface area contributed by atoms with Crippen molar-refractivity contribution in [1.29, 1.82) is 0 Å². The Kier molecular flexibility index (Phi) is 4.83. The fraction of sp³-hybridized carbons (Fsp3) is 0.111. The van der Waals surface area contributed by atoms with Crippen LogP contribution in [0.25, 0.3) is 0 Å². The molecule has 0 atom stereocenters. The molecule has 0 spiro atoms. The SMILES string of the molecule is Cc1cccc(C(=O)O)c1C(=O)O.[H-].[Na+]. The number of aryl methyl sites for hydroxylation is 1. The van der Waals surface area contributed by atoms with Crippen molar-refractivity contribution in [3.8, 4) is 0 Å². The van der Waals surface area contributed by atoms with Crippen molar-refractivity contribution < 1.29 is 50.8 Å². The molecule has 2 N–H and O–H groups in total. The molecule has 0 radical (unpaired) electrons. The van der Waals surface area contributed by atoms with E-state index in [9.17, 15) is 9.59 Å². The number of aromatic carboxylic acids is 2. The van der Waals surface area contributed by atoms with Crippen LogP contribution in [0.15, 0.2) is 18.2 Å². The standard InChI is InChI=1S/C9H8O4.Na.H/c1-5-3-2-4-6(8(10)11)7(5)9(12)13;;/h2-4H,1H3,(H,10,11)(H,12,13);;/q;+1;-1. The maximum absolute atomic E-state index is 10.7. The first-order valence-corrected chi connectivity index (χ1v) is 3.60. The number of hydrogen-bond donors (Lipinski definition) is 2. The molecule has 1 rings (SSSR count). The molecule has 4 nitrogen and oxygen atoms in total. The van der Waals surface area contributed by atoms with E-state index in [2.05, 4.69) is 0 Å². The van der Waals surface area contributed by atoms with Crippen molar-refractivity contribution in [2.75, 3.05) is 0 Å². The molecule has 0 heterocycles. The molecule has 0 aliphatic rings. The van der Waals surface area contributed by atoms with Gasteiger partial charge >= 0.3 is 41.5 Å². The van der Waals surface area contributed by atoms with E-state index in [1.54, 1.807) is 13.0 Å². The Balaban J connectivity index is 0. The average molecular weight is 204 g/mol. The Morgan fingerprint density at radius 3 is 2.14 bits per heavy atom. The summed E-state index contributed by atoms with van der Waals surface area (Å²) in [5, 5.41) is 17.4. The molecule has 0 bridgehead atoms. The van der Waals surface area contributed by atoms with Gasteiger partial charge in [-0.2, -0.15) is 0 Å². The molecule has 0 aliphatic carbocycles. The molecule has 0 aliphatic heterocycles. The maximum atomic E-state index is 10.7. The van der Waals surface area contributed by atoms with Gasteiger partial charge in [-0.1, -0.05) is 12.1 Å². The second kappa shape index (κ2) is 5.14. The molecule has 0 fully saturated rings. The summed E-state index contributed by atoms with van der Waals surface area (Å²) < 4.78 is 0. The number of carbonyl (C=O) groups is 2. The van der Waals surface area contributed by atoms with Crippen LogP contribution in [0.4, 0.5) is 0 Å². The summed E-state index contributed by atoms with van der Waals surface area (Å²) in [7, 11) is 0. The summed E-state index contributed by atoms with van der Waals surface area (Å²) in [5.74, 6) is -2.43. The van der Waals surface area contributed by atoms with Crippen molar-refractivity contribution in [2.24, 2.45) is 0 Å². The van der Waals surface area contributed by atoms with Gasteiger partial charge in [-0.15, -0.1) is 0 Å². The maximum Gasteiger partial charge on any atom is 1.00 e. The van der Waals surface area contributed by atoms with Crippen LogP contribution in [0.1, 0.15) is 27.7 Å². The third-order valence-electron chi connectivity index (χ3n) is 1.72. The second-order valence-electron chi connectivity index (χ2n) is 2.61. The fourth-order valence-electron chi connectivity index (χ4n) is 1.13. The van der Waals surface area contributed by atoms with E-state index < -0.39 is 11.9 Å². The van der Waals surface area contributed by atoms with Crippen LogP contribution in [-0.2, 0) is 0 Å². The van der Waals surface area contributed by atoms with Crippen LogP contribution in [0.3, 0.4) is 0 Å². The van der Waals surface area contributed by atoms with Crippen molar-refractivity contribution >= 4 is 11.9 Å². The largest absolute Gasteiger partial charge is 1.00 e. The minimum absolute atomic E-state index is 0. The fourth-order valence-corrected chi connectivity index (χ4v) is 1.13. The van der Waals surface area contributed by atoms with Gasteiger partial charge in [-0.25, -0.2) is 9.59 Å². The molecule has 0 unspecified atom stereocenters. The van der Waals surface area contributed by atoms with Crippen LogP contribution >= 0.6 is 0 Å². The van der Waals surface area contributed by atoms with E-state index in [1.165, 1.54) is 12.1 Å². The van der Waals surface area contributed by atoms with E-state index in [0.717, 1.165) is 0 Å². The predicted octanol–water partition coefficient (Wildman–Crippen LogP) is -1.49. The number of rotatable bonds is 2. The van der Waals surface area contributed by atoms with E-state index in [0.29, 0.717) is 5.56 Å². The van der Waals surface area contributed by atoms with Gasteiger partial charge in [-0.05, 0) is 18.6 Å². The van der Waals surface area contributed by atoms with Gasteiger partial charge < -0.3 is 11.6 Å². The molecule has 70 valence electrons. The van der Waals surface area contributed by atoms with Gasteiger partial charge in [-0.3, -0.25) is 0 Å². The van der Waals surface area contributed by atoms with Crippen LogP contribution in [0.2, 0.25) is 0 Å². The minimum Gasteiger partial charge on any atom is -1.00 e. The monoisotopic (exact) mass is 204 g/mol. The number of benzene rings is 1. The molecule has 1 aromatic rings. The van der Waals surface area contributed by atoms with E-state index in [4.69, 9.17) is 10.2 Å². The van der Waals surface area contributed by atoms with Gasteiger partial charge in [0.2, 0.25) is 0 Å². The third-order valence-corrected chi connectivity index (χ3v) is 1.72. The molecular weight excluding hydrogens is 195 g/mol. The summed E-state index contributed by atoms with van der Waals surface area (Å²) >= 11 is 0. The van der Waals surface area contributed by atoms with Crippen molar-refractivity contribution in [2.45, 2.75) is 6.92 Å². The molecule has 5 heteroatoms. The second-order valence-corrected chi connectivity index (χ2v) is 2.61. The molecule has 0 saturated heterocycles. The van der Waals surface area contributed by atoms with Crippen LogP contribution in [-0.4, -0.2) is 22.2 Å². The van der Waals surface area contributed by atoms with E-state index >= 15 is 0 Å². The Morgan fingerprint density at radius 1 is 1.21 bits per heavy atom. The summed E-state index contributed by atoms with van der Waals surface area (Å²) in [5.41, 5.74) is 0.134. The molecule has 0 aromatic heterocycles. The Labute approximate surface area is 104 Å². The predicted molar refractivity (Wildman–Crippen MR) is 46.2 cm³/mol. The topological polar surface area (TPSA) is 74.6 Å².